The fourth-order valence-corrected chi connectivity index (χ4v) is 4.30. The number of aromatic nitrogens is 1. The van der Waals surface area contributed by atoms with Gasteiger partial charge in [0.15, 0.2) is 0 Å². The molecule has 1 saturated heterocycles. The second kappa shape index (κ2) is 9.71. The minimum absolute atomic E-state index is 0.144. The van der Waals surface area contributed by atoms with Crippen molar-refractivity contribution >= 4 is 52.1 Å². The molecule has 3 aromatic carbocycles. The largest absolute Gasteiger partial charge is 0.492 e. The fourth-order valence-electron chi connectivity index (χ4n) is 4.12. The number of rotatable bonds is 6. The zero-order chi connectivity index (χ0) is 25.2. The maximum atomic E-state index is 13.3. The summed E-state index contributed by atoms with van der Waals surface area (Å²) >= 11 is 6.21. The van der Waals surface area contributed by atoms with Crippen LogP contribution in [-0.4, -0.2) is 29.0 Å². The number of aryl methyl sites for hydroxylation is 1. The van der Waals surface area contributed by atoms with E-state index >= 15 is 0 Å². The Labute approximate surface area is 212 Å². The van der Waals surface area contributed by atoms with Crippen molar-refractivity contribution in [2.24, 2.45) is 0 Å². The number of nitrogens with zero attached hydrogens (tertiary/aromatic N) is 2. The van der Waals surface area contributed by atoms with E-state index in [1.165, 1.54) is 12.1 Å². The number of ether oxygens (including phenoxy) is 1. The van der Waals surface area contributed by atoms with Crippen LogP contribution in [0.4, 0.5) is 10.5 Å². The van der Waals surface area contributed by atoms with Crippen molar-refractivity contribution in [2.45, 2.75) is 13.5 Å². The van der Waals surface area contributed by atoms with Crippen molar-refractivity contribution in [3.63, 3.8) is 0 Å². The zero-order valence-electron chi connectivity index (χ0n) is 19.4. The topological polar surface area (TPSA) is 80.6 Å². The molecule has 0 atom stereocenters. The van der Waals surface area contributed by atoms with Crippen molar-refractivity contribution < 1.29 is 19.1 Å². The number of imide groups is 2. The van der Waals surface area contributed by atoms with Gasteiger partial charge in [-0.3, -0.25) is 14.9 Å². The molecule has 4 aromatic rings. The summed E-state index contributed by atoms with van der Waals surface area (Å²) in [7, 11) is 0. The number of amides is 4. The number of para-hydroxylation sites is 2. The molecule has 0 aliphatic carbocycles. The second-order valence-electron chi connectivity index (χ2n) is 8.35. The first-order valence-electron chi connectivity index (χ1n) is 11.4. The quantitative estimate of drug-likeness (QED) is 0.286. The van der Waals surface area contributed by atoms with E-state index < -0.39 is 17.8 Å². The average molecular weight is 500 g/mol. The van der Waals surface area contributed by atoms with Gasteiger partial charge in [0.05, 0.1) is 12.2 Å². The normalized spacial score (nSPS) is 15.0. The van der Waals surface area contributed by atoms with E-state index in [1.807, 2.05) is 72.3 Å². The monoisotopic (exact) mass is 499 g/mol. The third-order valence-corrected chi connectivity index (χ3v) is 6.39. The van der Waals surface area contributed by atoms with Gasteiger partial charge in [0, 0.05) is 27.7 Å². The highest BCUT2D eigenvalue weighted by molar-refractivity contribution is 6.39. The Morgan fingerprint density at radius 1 is 0.972 bits per heavy atom. The Bertz CT molecular complexity index is 1520. The lowest BCUT2D eigenvalue weighted by Crippen LogP contribution is -2.54. The maximum absolute atomic E-state index is 13.3. The van der Waals surface area contributed by atoms with Crippen molar-refractivity contribution in [2.75, 3.05) is 11.5 Å². The summed E-state index contributed by atoms with van der Waals surface area (Å²) in [5, 5.41) is 3.54. The van der Waals surface area contributed by atoms with Gasteiger partial charge in [-0.25, -0.2) is 9.69 Å². The van der Waals surface area contributed by atoms with E-state index in [0.717, 1.165) is 27.1 Å². The Morgan fingerprint density at radius 3 is 2.50 bits per heavy atom. The van der Waals surface area contributed by atoms with E-state index in [1.54, 1.807) is 12.1 Å². The molecule has 1 aromatic heterocycles. The maximum Gasteiger partial charge on any atom is 0.335 e. The summed E-state index contributed by atoms with van der Waals surface area (Å²) in [5.74, 6) is -0.682. The molecule has 1 fully saturated rings. The molecule has 5 rings (SSSR count). The van der Waals surface area contributed by atoms with Crippen LogP contribution in [0.1, 0.15) is 11.1 Å². The molecule has 8 heteroatoms. The number of hydrogen-bond acceptors (Lipinski definition) is 4. The molecular weight excluding hydrogens is 478 g/mol. The molecule has 7 nitrogen and oxygen atoms in total. The molecule has 1 aliphatic rings. The highest BCUT2D eigenvalue weighted by Gasteiger charge is 2.37. The molecule has 1 N–H and O–H groups in total. The highest BCUT2D eigenvalue weighted by Crippen LogP contribution is 2.28. The van der Waals surface area contributed by atoms with Gasteiger partial charge in [-0.1, -0.05) is 54.1 Å². The first-order chi connectivity index (χ1) is 17.4. The summed E-state index contributed by atoms with van der Waals surface area (Å²) in [6.45, 7) is 2.82. The lowest BCUT2D eigenvalue weighted by atomic mass is 10.1. The standard InChI is InChI=1S/C28H22ClN3O4/c1-18-11-12-20(16-24(18)29)32-27(34)23(26(33)30-28(32)35)15-19-17-31(25-10-6-5-9-22(19)25)13-14-36-21-7-3-2-4-8-21/h2-12,15-17H,13-14H2,1H3,(H,30,33,35)/b23-15-. The number of carbonyl (C=O) groups is 3. The van der Waals surface area contributed by atoms with Gasteiger partial charge in [-0.2, -0.15) is 0 Å². The fraction of sp³-hybridized carbons (Fsp3) is 0.107. The Balaban J connectivity index is 1.47. The molecule has 4 amide bonds. The molecule has 0 bridgehead atoms. The Hall–Kier alpha value is -4.36. The second-order valence-corrected chi connectivity index (χ2v) is 8.76. The number of urea groups is 1. The van der Waals surface area contributed by atoms with Crippen molar-refractivity contribution in [1.29, 1.82) is 0 Å². The summed E-state index contributed by atoms with van der Waals surface area (Å²) in [6.07, 6.45) is 3.39. The van der Waals surface area contributed by atoms with Crippen LogP contribution in [0.2, 0.25) is 5.02 Å². The number of nitrogens with one attached hydrogen (secondary N) is 1. The van der Waals surface area contributed by atoms with Crippen LogP contribution in [-0.2, 0) is 16.1 Å². The van der Waals surface area contributed by atoms with E-state index in [4.69, 9.17) is 16.3 Å². The zero-order valence-corrected chi connectivity index (χ0v) is 20.2. The number of carbonyl (C=O) groups excluding carboxylic acids is 3. The molecule has 180 valence electrons. The van der Waals surface area contributed by atoms with Crippen LogP contribution in [0.3, 0.4) is 0 Å². The summed E-state index contributed by atoms with van der Waals surface area (Å²) in [5.41, 5.74) is 2.56. The number of halogens is 1. The number of benzene rings is 3. The molecule has 36 heavy (non-hydrogen) atoms. The number of fused-ring (bicyclic) bond motifs is 1. The SMILES string of the molecule is Cc1ccc(N2C(=O)NC(=O)/C(=C/c3cn(CCOc4ccccc4)c4ccccc34)C2=O)cc1Cl. The average Bonchev–Trinajstić information content (AvgIpc) is 3.22. The van der Waals surface area contributed by atoms with Gasteiger partial charge in [0.25, 0.3) is 11.8 Å². The highest BCUT2D eigenvalue weighted by atomic mass is 35.5. The first kappa shape index (κ1) is 23.4. The van der Waals surface area contributed by atoms with Crippen molar-refractivity contribution in [1.82, 2.24) is 9.88 Å². The predicted molar refractivity (Wildman–Crippen MR) is 139 cm³/mol. The Morgan fingerprint density at radius 2 is 1.72 bits per heavy atom. The van der Waals surface area contributed by atoms with Crippen molar-refractivity contribution in [3.05, 3.63) is 101 Å². The van der Waals surface area contributed by atoms with E-state index in [2.05, 4.69) is 5.32 Å². The molecule has 0 saturated carbocycles. The van der Waals surface area contributed by atoms with Gasteiger partial charge in [-0.15, -0.1) is 0 Å². The third kappa shape index (κ3) is 4.48. The van der Waals surface area contributed by atoms with Crippen molar-refractivity contribution in [3.8, 4) is 5.75 Å². The van der Waals surface area contributed by atoms with Gasteiger partial charge in [0.2, 0.25) is 0 Å². The van der Waals surface area contributed by atoms with Crippen LogP contribution < -0.4 is 15.0 Å². The van der Waals surface area contributed by atoms with Gasteiger partial charge >= 0.3 is 6.03 Å². The minimum atomic E-state index is -0.817. The molecule has 2 heterocycles. The lowest BCUT2D eigenvalue weighted by Gasteiger charge is -2.26. The molecule has 0 unspecified atom stereocenters. The summed E-state index contributed by atoms with van der Waals surface area (Å²) in [4.78, 5) is 39.5. The third-order valence-electron chi connectivity index (χ3n) is 5.98. The van der Waals surface area contributed by atoms with Gasteiger partial charge in [-0.05, 0) is 48.9 Å². The minimum Gasteiger partial charge on any atom is -0.492 e. The van der Waals surface area contributed by atoms with Gasteiger partial charge < -0.3 is 9.30 Å². The summed E-state index contributed by atoms with van der Waals surface area (Å²) in [6, 6.07) is 21.3. The van der Waals surface area contributed by atoms with Crippen LogP contribution in [0.5, 0.6) is 5.75 Å². The van der Waals surface area contributed by atoms with E-state index in [-0.39, 0.29) is 11.3 Å². The van der Waals surface area contributed by atoms with E-state index in [9.17, 15) is 14.4 Å². The predicted octanol–water partition coefficient (Wildman–Crippen LogP) is 5.35. The molecular formula is C28H22ClN3O4. The first-order valence-corrected chi connectivity index (χ1v) is 11.7. The smallest absolute Gasteiger partial charge is 0.335 e. The van der Waals surface area contributed by atoms with Crippen LogP contribution in [0.15, 0.2) is 84.6 Å². The number of anilines is 1. The van der Waals surface area contributed by atoms with E-state index in [0.29, 0.717) is 23.7 Å². The number of hydrogen-bond donors (Lipinski definition) is 1. The lowest BCUT2D eigenvalue weighted by molar-refractivity contribution is -0.122. The summed E-state index contributed by atoms with van der Waals surface area (Å²) < 4.78 is 7.85. The Kier molecular flexibility index (Phi) is 6.31. The molecule has 0 spiro atoms. The van der Waals surface area contributed by atoms with Crippen LogP contribution >= 0.6 is 11.6 Å². The van der Waals surface area contributed by atoms with Crippen LogP contribution in [0.25, 0.3) is 17.0 Å². The molecule has 1 aliphatic heterocycles. The van der Waals surface area contributed by atoms with Crippen LogP contribution in [0, 0.1) is 6.92 Å². The number of barbiturate groups is 1. The molecule has 0 radical (unpaired) electrons. The van der Waals surface area contributed by atoms with Gasteiger partial charge in [0.1, 0.15) is 17.9 Å².